The van der Waals surface area contributed by atoms with Crippen molar-refractivity contribution in [2.75, 3.05) is 11.9 Å². The molecule has 32 heavy (non-hydrogen) atoms. The molecule has 3 aromatic carbocycles. The number of hydrogen-bond acceptors (Lipinski definition) is 4. The molecule has 1 aliphatic carbocycles. The van der Waals surface area contributed by atoms with E-state index in [1.807, 2.05) is 24.3 Å². The van der Waals surface area contributed by atoms with Crippen molar-refractivity contribution in [1.29, 1.82) is 0 Å². The minimum absolute atomic E-state index is 0.125. The maximum Gasteiger partial charge on any atom is 0.269 e. The molecule has 2 aliphatic rings. The minimum atomic E-state index is -0.352. The molecule has 5 heteroatoms. The Morgan fingerprint density at radius 2 is 1.84 bits per heavy atom. The third kappa shape index (κ3) is 4.11. The van der Waals surface area contributed by atoms with Crippen LogP contribution in [-0.4, -0.2) is 11.5 Å². The number of fused-ring (bicyclic) bond motifs is 3. The van der Waals surface area contributed by atoms with Crippen molar-refractivity contribution in [1.82, 2.24) is 0 Å². The monoisotopic (exact) mass is 426 g/mol. The van der Waals surface area contributed by atoms with E-state index < -0.39 is 0 Å². The number of nitrogens with zero attached hydrogens (tertiary/aromatic N) is 1. The summed E-state index contributed by atoms with van der Waals surface area (Å²) in [5.41, 5.74) is 4.92. The van der Waals surface area contributed by atoms with Gasteiger partial charge < -0.3 is 10.1 Å². The fraction of sp³-hybridized carbons (Fsp3) is 0.259. The highest BCUT2D eigenvalue weighted by molar-refractivity contribution is 5.62. The second kappa shape index (κ2) is 8.87. The van der Waals surface area contributed by atoms with Gasteiger partial charge in [-0.3, -0.25) is 10.1 Å². The van der Waals surface area contributed by atoms with Crippen molar-refractivity contribution in [3.05, 3.63) is 112 Å². The molecule has 3 aromatic rings. The Hall–Kier alpha value is -3.60. The number of anilines is 1. The van der Waals surface area contributed by atoms with Crippen molar-refractivity contribution >= 4 is 11.4 Å². The number of allylic oxidation sites excluding steroid dienone is 2. The zero-order valence-corrected chi connectivity index (χ0v) is 17.8. The first-order chi connectivity index (χ1) is 15.7. The second-order valence-electron chi connectivity index (χ2n) is 8.51. The summed E-state index contributed by atoms with van der Waals surface area (Å²) in [7, 11) is 0. The highest BCUT2D eigenvalue weighted by atomic mass is 16.6. The molecule has 5 rings (SSSR count). The van der Waals surface area contributed by atoms with Crippen LogP contribution in [0.15, 0.2) is 84.9 Å². The van der Waals surface area contributed by atoms with Gasteiger partial charge in [-0.15, -0.1) is 0 Å². The topological polar surface area (TPSA) is 64.4 Å². The van der Waals surface area contributed by atoms with E-state index in [2.05, 4.69) is 53.9 Å². The lowest BCUT2D eigenvalue weighted by atomic mass is 9.77. The number of nitro groups is 1. The summed E-state index contributed by atoms with van der Waals surface area (Å²) in [6.45, 7) is 0.691. The van der Waals surface area contributed by atoms with E-state index >= 15 is 0 Å². The Balaban J connectivity index is 1.29. The average Bonchev–Trinajstić information content (AvgIpc) is 3.32. The van der Waals surface area contributed by atoms with Crippen LogP contribution in [0.25, 0.3) is 0 Å². The normalized spacial score (nSPS) is 20.8. The first kappa shape index (κ1) is 20.3. The molecule has 3 unspecified atom stereocenters. The summed E-state index contributed by atoms with van der Waals surface area (Å²) < 4.78 is 6.07. The van der Waals surface area contributed by atoms with Gasteiger partial charge >= 0.3 is 0 Å². The summed E-state index contributed by atoms with van der Waals surface area (Å²) in [6, 6.07) is 23.8. The fourth-order valence-corrected chi connectivity index (χ4v) is 4.91. The second-order valence-corrected chi connectivity index (χ2v) is 8.51. The van der Waals surface area contributed by atoms with E-state index in [-0.39, 0.29) is 16.7 Å². The third-order valence-electron chi connectivity index (χ3n) is 6.52. The van der Waals surface area contributed by atoms with E-state index in [1.165, 1.54) is 11.1 Å². The first-order valence-corrected chi connectivity index (χ1v) is 11.2. The molecule has 162 valence electrons. The highest BCUT2D eigenvalue weighted by Crippen LogP contribution is 2.50. The van der Waals surface area contributed by atoms with E-state index in [0.29, 0.717) is 18.4 Å². The van der Waals surface area contributed by atoms with Gasteiger partial charge in [-0.05, 0) is 60.1 Å². The van der Waals surface area contributed by atoms with Crippen molar-refractivity contribution in [2.24, 2.45) is 5.92 Å². The van der Waals surface area contributed by atoms with Crippen LogP contribution in [0.3, 0.4) is 0 Å². The SMILES string of the molecule is O=[N+]([O-])c1ccc(C2Nc3ccc(OCCCc4ccccc4)cc3C3C=CCC32)cc1. The number of aryl methyl sites for hydroxylation is 1. The molecule has 0 fully saturated rings. The van der Waals surface area contributed by atoms with E-state index in [1.54, 1.807) is 12.1 Å². The molecular formula is C27H26N2O3. The molecule has 0 saturated heterocycles. The molecule has 0 saturated carbocycles. The molecule has 0 bridgehead atoms. The van der Waals surface area contributed by atoms with Gasteiger partial charge in [0.25, 0.3) is 5.69 Å². The van der Waals surface area contributed by atoms with Gasteiger partial charge in [0.2, 0.25) is 0 Å². The Bertz CT molecular complexity index is 1130. The Morgan fingerprint density at radius 3 is 2.62 bits per heavy atom. The lowest BCUT2D eigenvalue weighted by molar-refractivity contribution is -0.384. The summed E-state index contributed by atoms with van der Waals surface area (Å²) in [4.78, 5) is 10.6. The number of rotatable bonds is 7. The molecule has 0 radical (unpaired) electrons. The average molecular weight is 427 g/mol. The number of nitro benzene ring substituents is 1. The lowest BCUT2D eigenvalue weighted by Gasteiger charge is -2.37. The van der Waals surface area contributed by atoms with Gasteiger partial charge in [0, 0.05) is 23.7 Å². The first-order valence-electron chi connectivity index (χ1n) is 11.2. The van der Waals surface area contributed by atoms with Gasteiger partial charge in [-0.1, -0.05) is 54.6 Å². The van der Waals surface area contributed by atoms with Crippen LogP contribution in [0.5, 0.6) is 5.75 Å². The standard InChI is InChI=1S/C27H26N2O3/c30-29(31)21-13-11-20(12-14-21)27-24-10-4-9-23(24)25-18-22(15-16-26(25)28-27)32-17-5-8-19-6-2-1-3-7-19/h1-4,6-7,9,11-16,18,23-24,27-28H,5,8,10,17H2. The van der Waals surface area contributed by atoms with Gasteiger partial charge in [0.1, 0.15) is 5.75 Å². The molecule has 3 atom stereocenters. The van der Waals surface area contributed by atoms with Gasteiger partial charge in [0.15, 0.2) is 0 Å². The van der Waals surface area contributed by atoms with Crippen LogP contribution in [-0.2, 0) is 6.42 Å². The largest absolute Gasteiger partial charge is 0.494 e. The number of ether oxygens (including phenoxy) is 1. The van der Waals surface area contributed by atoms with Crippen LogP contribution < -0.4 is 10.1 Å². The Kier molecular flexibility index (Phi) is 5.63. The minimum Gasteiger partial charge on any atom is -0.494 e. The number of benzene rings is 3. The van der Waals surface area contributed by atoms with Crippen LogP contribution >= 0.6 is 0 Å². The van der Waals surface area contributed by atoms with E-state index in [4.69, 9.17) is 4.74 Å². The van der Waals surface area contributed by atoms with Crippen molar-refractivity contribution in [3.8, 4) is 5.75 Å². The van der Waals surface area contributed by atoms with Gasteiger partial charge in [-0.25, -0.2) is 0 Å². The quantitative estimate of drug-likeness (QED) is 0.205. The molecule has 0 spiro atoms. The van der Waals surface area contributed by atoms with Crippen molar-refractivity contribution in [3.63, 3.8) is 0 Å². The Morgan fingerprint density at radius 1 is 1.03 bits per heavy atom. The van der Waals surface area contributed by atoms with Crippen LogP contribution in [0.1, 0.15) is 41.5 Å². The maximum atomic E-state index is 11.0. The van der Waals surface area contributed by atoms with Gasteiger partial charge in [-0.2, -0.15) is 0 Å². The molecular weight excluding hydrogens is 400 g/mol. The smallest absolute Gasteiger partial charge is 0.269 e. The molecule has 0 amide bonds. The van der Waals surface area contributed by atoms with E-state index in [9.17, 15) is 10.1 Å². The molecule has 1 aliphatic heterocycles. The van der Waals surface area contributed by atoms with Crippen molar-refractivity contribution in [2.45, 2.75) is 31.2 Å². The molecule has 1 N–H and O–H groups in total. The zero-order chi connectivity index (χ0) is 21.9. The summed E-state index contributed by atoms with van der Waals surface area (Å²) in [5.74, 6) is 1.61. The van der Waals surface area contributed by atoms with E-state index in [0.717, 1.165) is 36.3 Å². The number of non-ortho nitro benzene ring substituents is 1. The molecule has 0 aromatic heterocycles. The predicted octanol–water partition coefficient (Wildman–Crippen LogP) is 6.43. The number of hydrogen-bond donors (Lipinski definition) is 1. The van der Waals surface area contributed by atoms with Crippen LogP contribution in [0.2, 0.25) is 0 Å². The summed E-state index contributed by atoms with van der Waals surface area (Å²) >= 11 is 0. The fourth-order valence-electron chi connectivity index (χ4n) is 4.91. The van der Waals surface area contributed by atoms with Crippen LogP contribution in [0.4, 0.5) is 11.4 Å². The summed E-state index contributed by atoms with van der Waals surface area (Å²) in [5, 5.41) is 14.7. The van der Waals surface area contributed by atoms with Crippen LogP contribution in [0, 0.1) is 16.0 Å². The summed E-state index contributed by atoms with van der Waals surface area (Å²) in [6.07, 6.45) is 7.52. The van der Waals surface area contributed by atoms with Crippen molar-refractivity contribution < 1.29 is 9.66 Å². The molecule has 1 heterocycles. The number of nitrogens with one attached hydrogen (secondary N) is 1. The maximum absolute atomic E-state index is 11.0. The third-order valence-corrected chi connectivity index (χ3v) is 6.52. The zero-order valence-electron chi connectivity index (χ0n) is 17.8. The molecule has 5 nitrogen and oxygen atoms in total. The lowest BCUT2D eigenvalue weighted by Crippen LogP contribution is -2.29. The predicted molar refractivity (Wildman–Crippen MR) is 126 cm³/mol. The Labute approximate surface area is 187 Å². The van der Waals surface area contributed by atoms with Gasteiger partial charge in [0.05, 0.1) is 17.6 Å². The highest BCUT2D eigenvalue weighted by Gasteiger charge is 2.38.